The van der Waals surface area contributed by atoms with E-state index >= 15 is 0 Å². The van der Waals surface area contributed by atoms with Gasteiger partial charge in [0.2, 0.25) is 0 Å². The van der Waals surface area contributed by atoms with Gasteiger partial charge in [0.1, 0.15) is 5.82 Å². The van der Waals surface area contributed by atoms with Crippen LogP contribution in [0.5, 0.6) is 11.8 Å². The van der Waals surface area contributed by atoms with Gasteiger partial charge >= 0.3 is 0 Å². The van der Waals surface area contributed by atoms with Crippen molar-refractivity contribution in [3.63, 3.8) is 0 Å². The number of piperazine rings is 1. The zero-order chi connectivity index (χ0) is 23.1. The number of hydrogen-bond donors (Lipinski definition) is 2. The van der Waals surface area contributed by atoms with Crippen LogP contribution in [0.25, 0.3) is 10.1 Å². The third kappa shape index (κ3) is 4.07. The van der Waals surface area contributed by atoms with Crippen LogP contribution in [0.1, 0.15) is 49.7 Å². The van der Waals surface area contributed by atoms with Gasteiger partial charge in [-0.05, 0) is 74.0 Å². The van der Waals surface area contributed by atoms with Crippen molar-refractivity contribution in [3.05, 3.63) is 35.4 Å². The first-order chi connectivity index (χ1) is 16.7. The Balaban J connectivity index is 1.11. The molecule has 2 fully saturated rings. The molecule has 1 saturated carbocycles. The molecule has 1 saturated heterocycles. The lowest BCUT2D eigenvalue weighted by Crippen LogP contribution is -2.49. The molecule has 1 aromatic carbocycles. The molecule has 0 bridgehead atoms. The van der Waals surface area contributed by atoms with Gasteiger partial charge in [0, 0.05) is 55.8 Å². The van der Waals surface area contributed by atoms with Crippen molar-refractivity contribution in [2.75, 3.05) is 37.6 Å². The van der Waals surface area contributed by atoms with Crippen molar-refractivity contribution in [1.29, 1.82) is 0 Å². The summed E-state index contributed by atoms with van der Waals surface area (Å²) in [7, 11) is 0. The second kappa shape index (κ2) is 9.42. The second-order valence-corrected chi connectivity index (χ2v) is 11.3. The van der Waals surface area contributed by atoms with Crippen molar-refractivity contribution < 1.29 is 10.2 Å². The van der Waals surface area contributed by atoms with Gasteiger partial charge < -0.3 is 15.1 Å². The van der Waals surface area contributed by atoms with Gasteiger partial charge in [-0.15, -0.1) is 0 Å². The van der Waals surface area contributed by atoms with Crippen LogP contribution in [-0.4, -0.2) is 56.8 Å². The zero-order valence-electron chi connectivity index (χ0n) is 20.0. The third-order valence-electron chi connectivity index (χ3n) is 8.53. The number of benzene rings is 1. The summed E-state index contributed by atoms with van der Waals surface area (Å²) >= 11 is 1.60. The first kappa shape index (κ1) is 22.2. The summed E-state index contributed by atoms with van der Waals surface area (Å²) in [6, 6.07) is 8.55. The highest BCUT2D eigenvalue weighted by molar-refractivity contribution is 7.13. The third-order valence-corrected chi connectivity index (χ3v) is 9.34. The van der Waals surface area contributed by atoms with E-state index in [2.05, 4.69) is 34.1 Å². The monoisotopic (exact) mass is 480 g/mol. The number of rotatable bonds is 5. The Bertz CT molecular complexity index is 1120. The molecule has 0 radical (unpaired) electrons. The predicted octanol–water partition coefficient (Wildman–Crippen LogP) is 5.02. The number of aromatic hydroxyl groups is 2. The molecule has 182 valence electrons. The molecule has 2 atom stereocenters. The average molecular weight is 481 g/mol. The number of fused-ring (bicyclic) bond motifs is 2. The van der Waals surface area contributed by atoms with Crippen molar-refractivity contribution in [2.45, 2.75) is 57.9 Å². The normalized spacial score (nSPS) is 23.9. The molecule has 3 heterocycles. The molecule has 6 nitrogen and oxygen atoms in total. The topological polar surface area (TPSA) is 64.8 Å². The van der Waals surface area contributed by atoms with Crippen LogP contribution >= 0.6 is 11.5 Å². The summed E-state index contributed by atoms with van der Waals surface area (Å²) in [5.74, 6) is 2.96. The minimum Gasteiger partial charge on any atom is -0.494 e. The summed E-state index contributed by atoms with van der Waals surface area (Å²) in [6.07, 6.45) is 9.02. The van der Waals surface area contributed by atoms with E-state index in [1.165, 1.54) is 35.8 Å². The van der Waals surface area contributed by atoms with E-state index in [-0.39, 0.29) is 0 Å². The van der Waals surface area contributed by atoms with Crippen LogP contribution < -0.4 is 4.90 Å². The minimum atomic E-state index is 0.334. The van der Waals surface area contributed by atoms with Gasteiger partial charge in [0.25, 0.3) is 0 Å². The van der Waals surface area contributed by atoms with E-state index in [9.17, 15) is 10.2 Å². The van der Waals surface area contributed by atoms with E-state index in [4.69, 9.17) is 4.37 Å². The largest absolute Gasteiger partial charge is 0.494 e. The molecule has 7 heteroatoms. The van der Waals surface area contributed by atoms with Gasteiger partial charge in [-0.1, -0.05) is 25.0 Å². The Labute approximate surface area is 206 Å². The van der Waals surface area contributed by atoms with E-state index in [0.717, 1.165) is 81.9 Å². The molecule has 3 aliphatic rings. The van der Waals surface area contributed by atoms with E-state index in [1.807, 2.05) is 4.57 Å². The van der Waals surface area contributed by atoms with Gasteiger partial charge in [-0.2, -0.15) is 4.37 Å². The van der Waals surface area contributed by atoms with Crippen molar-refractivity contribution >= 4 is 27.4 Å². The van der Waals surface area contributed by atoms with E-state index in [1.54, 1.807) is 11.5 Å². The highest BCUT2D eigenvalue weighted by atomic mass is 32.1. The molecule has 6 rings (SSSR count). The maximum Gasteiger partial charge on any atom is 0.197 e. The standard InChI is InChI=1S/C27H36N4O2S/c32-26-21-9-3-4-10-22(21)27(33)31(26)18-20-8-2-1-7-19(20)17-29-13-15-30(16-14-29)25-23-11-5-6-12-24(23)34-28-25/h5-6,11-12,19-20,32-33H,1-4,7-10,13-18H2. The van der Waals surface area contributed by atoms with E-state index < -0.39 is 0 Å². The molecule has 2 aromatic heterocycles. The molecule has 2 N–H and O–H groups in total. The van der Waals surface area contributed by atoms with Crippen LogP contribution in [0.4, 0.5) is 5.82 Å². The van der Waals surface area contributed by atoms with Crippen LogP contribution in [0, 0.1) is 11.8 Å². The quantitative estimate of drug-likeness (QED) is 0.537. The highest BCUT2D eigenvalue weighted by Crippen LogP contribution is 2.41. The molecule has 2 aliphatic carbocycles. The first-order valence-electron chi connectivity index (χ1n) is 13.1. The maximum absolute atomic E-state index is 10.9. The van der Waals surface area contributed by atoms with Crippen molar-refractivity contribution in [2.24, 2.45) is 11.8 Å². The number of nitrogens with zero attached hydrogens (tertiary/aromatic N) is 4. The molecule has 1 aliphatic heterocycles. The van der Waals surface area contributed by atoms with Gasteiger partial charge in [0.05, 0.1) is 4.70 Å². The number of aromatic nitrogens is 2. The van der Waals surface area contributed by atoms with Gasteiger partial charge in [0.15, 0.2) is 11.8 Å². The lowest BCUT2D eigenvalue weighted by molar-refractivity contribution is 0.130. The maximum atomic E-state index is 10.9. The Morgan fingerprint density at radius 2 is 1.47 bits per heavy atom. The molecule has 3 aromatic rings. The number of anilines is 1. The van der Waals surface area contributed by atoms with Crippen LogP contribution in [0.15, 0.2) is 24.3 Å². The lowest BCUT2D eigenvalue weighted by Gasteiger charge is -2.40. The fraction of sp³-hybridized carbons (Fsp3) is 0.593. The molecular formula is C27H36N4O2S. The first-order valence-corrected chi connectivity index (χ1v) is 13.9. The summed E-state index contributed by atoms with van der Waals surface area (Å²) in [4.78, 5) is 5.09. The highest BCUT2D eigenvalue weighted by Gasteiger charge is 2.32. The van der Waals surface area contributed by atoms with Gasteiger partial charge in [-0.25, -0.2) is 0 Å². The molecular weight excluding hydrogens is 444 g/mol. The molecule has 2 unspecified atom stereocenters. The smallest absolute Gasteiger partial charge is 0.197 e. The van der Waals surface area contributed by atoms with Crippen molar-refractivity contribution in [3.8, 4) is 11.8 Å². The Morgan fingerprint density at radius 1 is 0.824 bits per heavy atom. The summed E-state index contributed by atoms with van der Waals surface area (Å²) < 4.78 is 7.87. The SMILES string of the molecule is Oc1c2c(c(O)n1CC1CCCCC1CN1CCN(c3nsc4ccccc34)CC1)CCCC2. The average Bonchev–Trinajstić information content (AvgIpc) is 3.41. The predicted molar refractivity (Wildman–Crippen MR) is 138 cm³/mol. The fourth-order valence-electron chi connectivity index (χ4n) is 6.57. The second-order valence-electron chi connectivity index (χ2n) is 10.5. The Hall–Kier alpha value is -2.25. The zero-order valence-corrected chi connectivity index (χ0v) is 20.8. The molecule has 34 heavy (non-hydrogen) atoms. The summed E-state index contributed by atoms with van der Waals surface area (Å²) in [6.45, 7) is 6.07. The fourth-order valence-corrected chi connectivity index (χ4v) is 7.37. The lowest BCUT2D eigenvalue weighted by atomic mass is 9.78. The number of hydrogen-bond acceptors (Lipinski definition) is 6. The van der Waals surface area contributed by atoms with Crippen LogP contribution in [-0.2, 0) is 19.4 Å². The Kier molecular flexibility index (Phi) is 6.16. The van der Waals surface area contributed by atoms with E-state index in [0.29, 0.717) is 23.6 Å². The van der Waals surface area contributed by atoms with Crippen LogP contribution in [0.2, 0.25) is 0 Å². The Morgan fingerprint density at radius 3 is 2.18 bits per heavy atom. The minimum absolute atomic E-state index is 0.334. The molecule has 0 spiro atoms. The van der Waals surface area contributed by atoms with Crippen LogP contribution in [0.3, 0.4) is 0 Å². The summed E-state index contributed by atoms with van der Waals surface area (Å²) in [5.41, 5.74) is 2.00. The summed E-state index contributed by atoms with van der Waals surface area (Å²) in [5, 5.41) is 23.0. The van der Waals surface area contributed by atoms with Crippen molar-refractivity contribution in [1.82, 2.24) is 13.8 Å². The molecule has 0 amide bonds. The van der Waals surface area contributed by atoms with Gasteiger partial charge in [-0.3, -0.25) is 9.47 Å².